The molecule has 0 aliphatic carbocycles. The zero-order chi connectivity index (χ0) is 18.7. The molecule has 0 saturated carbocycles. The fourth-order valence-corrected chi connectivity index (χ4v) is 2.84. The van der Waals surface area contributed by atoms with Crippen LogP contribution in [0.1, 0.15) is 44.1 Å². The third kappa shape index (κ3) is 9.41. The Kier molecular flexibility index (Phi) is 10.1. The van der Waals surface area contributed by atoms with E-state index >= 15 is 0 Å². The Morgan fingerprint density at radius 1 is 1.20 bits per heavy atom. The zero-order valence-electron chi connectivity index (χ0n) is 16.4. The molecular weight excluding hydrogens is 323 g/mol. The Hall–Kier alpha value is -1.66. The van der Waals surface area contributed by atoms with Crippen LogP contribution < -0.4 is 5.32 Å². The first-order chi connectivity index (χ1) is 11.9. The molecule has 0 saturated heterocycles. The Balaban J connectivity index is 0.000000257. The highest BCUT2D eigenvalue weighted by molar-refractivity contribution is 7.37. The smallest absolute Gasteiger partial charge is 0.0413 e. The van der Waals surface area contributed by atoms with E-state index in [1.165, 1.54) is 23.4 Å². The summed E-state index contributed by atoms with van der Waals surface area (Å²) >= 11 is 0. The molecule has 2 rings (SSSR count). The van der Waals surface area contributed by atoms with Crippen LogP contribution in [0.3, 0.4) is 0 Å². The summed E-state index contributed by atoms with van der Waals surface area (Å²) in [5.41, 5.74) is 6.62. The van der Waals surface area contributed by atoms with E-state index in [2.05, 4.69) is 74.6 Å². The normalized spacial score (nSPS) is 11.7. The molecule has 0 spiro atoms. The molecule has 0 aliphatic heterocycles. The molecule has 136 valence electrons. The van der Waals surface area contributed by atoms with Gasteiger partial charge in [-0.3, -0.25) is 4.98 Å². The van der Waals surface area contributed by atoms with Gasteiger partial charge in [0.05, 0.1) is 0 Å². The Morgan fingerprint density at radius 3 is 2.48 bits per heavy atom. The monoisotopic (exact) mass is 356 g/mol. The van der Waals surface area contributed by atoms with Gasteiger partial charge in [0.25, 0.3) is 0 Å². The summed E-state index contributed by atoms with van der Waals surface area (Å²) in [4.78, 5) is 4.65. The third-order valence-corrected chi connectivity index (χ3v) is 4.94. The molecule has 1 heterocycles. The number of aryl methyl sites for hydroxylation is 2. The Bertz CT molecular complexity index is 652. The van der Waals surface area contributed by atoms with Crippen LogP contribution in [0, 0.1) is 6.92 Å². The number of benzene rings is 1. The van der Waals surface area contributed by atoms with Gasteiger partial charge in [0.15, 0.2) is 0 Å². The lowest BCUT2D eigenvalue weighted by Crippen LogP contribution is -2.02. The lowest BCUT2D eigenvalue weighted by Gasteiger charge is -2.08. The maximum absolute atomic E-state index is 4.65. The number of aromatic nitrogens is 1. The first kappa shape index (κ1) is 21.4. The number of nitrogens with one attached hydrogen (secondary N) is 1. The number of hydrogen-bond donors (Lipinski definition) is 1. The lowest BCUT2D eigenvalue weighted by atomic mass is 10.2. The van der Waals surface area contributed by atoms with Gasteiger partial charge in [-0.1, -0.05) is 45.0 Å². The first-order valence-electron chi connectivity index (χ1n) is 9.05. The van der Waals surface area contributed by atoms with E-state index in [0.717, 1.165) is 38.5 Å². The van der Waals surface area contributed by atoms with Crippen molar-refractivity contribution in [3.63, 3.8) is 0 Å². The Morgan fingerprint density at radius 2 is 1.88 bits per heavy atom. The number of anilines is 1. The van der Waals surface area contributed by atoms with Crippen molar-refractivity contribution in [2.75, 3.05) is 12.0 Å². The minimum absolute atomic E-state index is 0.777. The molecule has 0 fully saturated rings. The van der Waals surface area contributed by atoms with Gasteiger partial charge < -0.3 is 5.32 Å². The average Bonchev–Trinajstić information content (AvgIpc) is 2.55. The van der Waals surface area contributed by atoms with Crippen molar-refractivity contribution in [1.82, 2.24) is 4.98 Å². The van der Waals surface area contributed by atoms with E-state index in [1.807, 2.05) is 19.1 Å². The summed E-state index contributed by atoms with van der Waals surface area (Å²) in [5, 5.41) is 3.15. The molecule has 1 aromatic heterocycles. The van der Waals surface area contributed by atoms with Gasteiger partial charge in [-0.15, -0.1) is 8.58 Å². The number of rotatable bonds is 7. The van der Waals surface area contributed by atoms with E-state index in [4.69, 9.17) is 0 Å². The van der Waals surface area contributed by atoms with Crippen molar-refractivity contribution < 1.29 is 0 Å². The quantitative estimate of drug-likeness (QED) is 0.596. The van der Waals surface area contributed by atoms with E-state index in [9.17, 15) is 0 Å². The van der Waals surface area contributed by atoms with E-state index in [0.29, 0.717) is 0 Å². The highest BCUT2D eigenvalue weighted by Crippen LogP contribution is 2.17. The van der Waals surface area contributed by atoms with E-state index in [1.54, 1.807) is 0 Å². The van der Waals surface area contributed by atoms with Gasteiger partial charge in [0, 0.05) is 22.8 Å². The molecule has 25 heavy (non-hydrogen) atoms. The predicted molar refractivity (Wildman–Crippen MR) is 115 cm³/mol. The molecule has 2 aromatic rings. The molecule has 0 bridgehead atoms. The number of pyridine rings is 1. The maximum atomic E-state index is 4.65. The molecule has 2 nitrogen and oxygen atoms in total. The summed E-state index contributed by atoms with van der Waals surface area (Å²) in [6.07, 6.45) is 3.42. The molecule has 1 N–H and O–H groups in total. The fourth-order valence-electron chi connectivity index (χ4n) is 2.42. The van der Waals surface area contributed by atoms with Gasteiger partial charge in [0.1, 0.15) is 0 Å². The largest absolute Gasteiger partial charge is 0.360 e. The molecule has 0 aliphatic rings. The van der Waals surface area contributed by atoms with E-state index < -0.39 is 0 Å². The molecule has 2 unspecified atom stereocenters. The van der Waals surface area contributed by atoms with Crippen molar-refractivity contribution in [2.45, 2.75) is 52.6 Å². The third-order valence-electron chi connectivity index (χ3n) is 3.75. The minimum Gasteiger partial charge on any atom is -0.360 e. The minimum atomic E-state index is 0.777. The fraction of sp³-hybridized carbons (Fsp3) is 0.409. The van der Waals surface area contributed by atoms with Crippen LogP contribution in [0.15, 0.2) is 54.7 Å². The lowest BCUT2D eigenvalue weighted by molar-refractivity contribution is 0.837. The average molecular weight is 356 g/mol. The van der Waals surface area contributed by atoms with Gasteiger partial charge in [-0.05, 0) is 68.8 Å². The molecular formula is C22H33N2P. The van der Waals surface area contributed by atoms with Crippen LogP contribution in [0.25, 0.3) is 0 Å². The number of allylic oxidation sites excluding steroid dienone is 1. The summed E-state index contributed by atoms with van der Waals surface area (Å²) in [5.74, 6) is 0. The van der Waals surface area contributed by atoms with Gasteiger partial charge in [-0.2, -0.15) is 0 Å². The summed E-state index contributed by atoms with van der Waals surface area (Å²) in [6.45, 7) is 14.6. The van der Waals surface area contributed by atoms with Crippen molar-refractivity contribution in [1.29, 1.82) is 0 Å². The van der Waals surface area contributed by atoms with Crippen LogP contribution in [0.2, 0.25) is 0 Å². The van der Waals surface area contributed by atoms with Crippen molar-refractivity contribution in [2.24, 2.45) is 0 Å². The first-order valence-corrected chi connectivity index (χ1v) is 10.6. The van der Waals surface area contributed by atoms with Crippen LogP contribution in [0.5, 0.6) is 0 Å². The number of hydrogen-bond acceptors (Lipinski definition) is 2. The predicted octanol–water partition coefficient (Wildman–Crippen LogP) is 6.21. The second kappa shape index (κ2) is 11.8. The molecule has 3 heteroatoms. The van der Waals surface area contributed by atoms with Crippen LogP contribution >= 0.6 is 8.58 Å². The van der Waals surface area contributed by atoms with Crippen LogP contribution in [-0.4, -0.2) is 17.3 Å². The molecule has 0 radical (unpaired) electrons. The van der Waals surface area contributed by atoms with Gasteiger partial charge in [-0.25, -0.2) is 0 Å². The summed E-state index contributed by atoms with van der Waals surface area (Å²) in [6, 6.07) is 14.6. The van der Waals surface area contributed by atoms with Crippen LogP contribution in [0.4, 0.5) is 5.69 Å². The second-order valence-corrected chi connectivity index (χ2v) is 8.10. The van der Waals surface area contributed by atoms with E-state index in [-0.39, 0.29) is 0 Å². The highest BCUT2D eigenvalue weighted by atomic mass is 31.1. The topological polar surface area (TPSA) is 24.9 Å². The summed E-state index contributed by atoms with van der Waals surface area (Å²) in [7, 11) is 1.01. The summed E-state index contributed by atoms with van der Waals surface area (Å²) < 4.78 is 0. The van der Waals surface area contributed by atoms with Crippen LogP contribution in [-0.2, 0) is 12.8 Å². The van der Waals surface area contributed by atoms with Crippen molar-refractivity contribution in [3.8, 4) is 0 Å². The zero-order valence-corrected chi connectivity index (χ0v) is 17.4. The van der Waals surface area contributed by atoms with Crippen molar-refractivity contribution >= 4 is 14.3 Å². The standard InChI is InChI=1S/C12H20NP.C10H13N/c1-4-6-11-7-5-8-12(13-11)9-10(2)14-3;1-8(2)11-10-6-4-5-9(3)7-10/h5,7-8,10,14H,4,6,9H2,1-3H3;4-7,11H,1H2,2-3H3. The molecule has 1 aromatic carbocycles. The molecule has 2 atom stereocenters. The maximum Gasteiger partial charge on any atom is 0.0413 e. The SMILES string of the molecule is C=C(C)Nc1cccc(C)c1.CCCc1cccc(CC(C)PC)n1. The highest BCUT2D eigenvalue weighted by Gasteiger charge is 2.02. The second-order valence-electron chi connectivity index (χ2n) is 6.54. The Labute approximate surface area is 156 Å². The number of nitrogens with zero attached hydrogens (tertiary/aromatic N) is 1. The van der Waals surface area contributed by atoms with Gasteiger partial charge >= 0.3 is 0 Å². The van der Waals surface area contributed by atoms with Gasteiger partial charge in [0.2, 0.25) is 0 Å². The molecule has 0 amide bonds. The van der Waals surface area contributed by atoms with Crippen molar-refractivity contribution in [3.05, 3.63) is 71.7 Å².